The van der Waals surface area contributed by atoms with Crippen molar-refractivity contribution in [1.82, 2.24) is 14.9 Å². The Kier molecular flexibility index (Phi) is 4.76. The summed E-state index contributed by atoms with van der Waals surface area (Å²) in [6, 6.07) is 9.59. The summed E-state index contributed by atoms with van der Waals surface area (Å²) in [6.07, 6.45) is 1.57. The minimum Gasteiger partial charge on any atom is -0.340 e. The molecule has 0 aliphatic carbocycles. The van der Waals surface area contributed by atoms with Crippen molar-refractivity contribution in [1.29, 1.82) is 0 Å². The predicted molar refractivity (Wildman–Crippen MR) is 99.1 cm³/mol. The fourth-order valence-electron chi connectivity index (χ4n) is 2.60. The maximum absolute atomic E-state index is 12.3. The van der Waals surface area contributed by atoms with Crippen molar-refractivity contribution in [2.75, 3.05) is 18.4 Å². The number of rotatable bonds is 5. The van der Waals surface area contributed by atoms with E-state index in [2.05, 4.69) is 28.3 Å². The molecule has 1 N–H and O–H groups in total. The van der Waals surface area contributed by atoms with E-state index in [-0.39, 0.29) is 5.91 Å². The SMILES string of the molecule is CCN(CC)C(=O)c1ccc(Nc2ncnc3sc(C)cc23)cc1. The lowest BCUT2D eigenvalue weighted by molar-refractivity contribution is 0.0773. The van der Waals surface area contributed by atoms with Gasteiger partial charge in [0.2, 0.25) is 0 Å². The number of hydrogen-bond acceptors (Lipinski definition) is 5. The molecule has 0 aliphatic rings. The van der Waals surface area contributed by atoms with Crippen molar-refractivity contribution in [3.8, 4) is 0 Å². The average molecular weight is 340 g/mol. The van der Waals surface area contributed by atoms with Gasteiger partial charge in [-0.05, 0) is 51.1 Å². The second-order valence-electron chi connectivity index (χ2n) is 5.48. The van der Waals surface area contributed by atoms with Gasteiger partial charge in [-0.2, -0.15) is 0 Å². The third-order valence-corrected chi connectivity index (χ3v) is 4.86. The Labute approximate surface area is 145 Å². The summed E-state index contributed by atoms with van der Waals surface area (Å²) in [5.74, 6) is 0.844. The Morgan fingerprint density at radius 3 is 2.54 bits per heavy atom. The van der Waals surface area contributed by atoms with Gasteiger partial charge >= 0.3 is 0 Å². The predicted octanol–water partition coefficient (Wildman–Crippen LogP) is 4.23. The molecule has 0 saturated heterocycles. The topological polar surface area (TPSA) is 58.1 Å². The van der Waals surface area contributed by atoms with Crippen LogP contribution in [0.15, 0.2) is 36.7 Å². The Hall–Kier alpha value is -2.47. The Balaban J connectivity index is 1.82. The van der Waals surface area contributed by atoms with E-state index < -0.39 is 0 Å². The third kappa shape index (κ3) is 3.23. The number of nitrogens with zero attached hydrogens (tertiary/aromatic N) is 3. The number of hydrogen-bond donors (Lipinski definition) is 1. The first-order valence-corrected chi connectivity index (χ1v) is 8.81. The van der Waals surface area contributed by atoms with Crippen LogP contribution in [0.25, 0.3) is 10.2 Å². The number of carbonyl (C=O) groups excluding carboxylic acids is 1. The summed E-state index contributed by atoms with van der Waals surface area (Å²) in [4.78, 5) is 25.0. The monoisotopic (exact) mass is 340 g/mol. The lowest BCUT2D eigenvalue weighted by atomic mass is 10.1. The van der Waals surface area contributed by atoms with Gasteiger partial charge in [-0.3, -0.25) is 4.79 Å². The van der Waals surface area contributed by atoms with Gasteiger partial charge in [0.1, 0.15) is 17.0 Å². The van der Waals surface area contributed by atoms with Gasteiger partial charge in [-0.1, -0.05) is 0 Å². The first kappa shape index (κ1) is 16.4. The van der Waals surface area contributed by atoms with Crippen molar-refractivity contribution < 1.29 is 4.79 Å². The Morgan fingerprint density at radius 2 is 1.88 bits per heavy atom. The molecule has 2 aromatic heterocycles. The molecule has 0 aliphatic heterocycles. The lowest BCUT2D eigenvalue weighted by Crippen LogP contribution is -2.30. The number of carbonyl (C=O) groups is 1. The molecule has 3 rings (SSSR count). The van der Waals surface area contributed by atoms with Gasteiger partial charge < -0.3 is 10.2 Å². The summed E-state index contributed by atoms with van der Waals surface area (Å²) < 4.78 is 0. The number of nitrogens with one attached hydrogen (secondary N) is 1. The molecule has 1 amide bonds. The smallest absolute Gasteiger partial charge is 0.253 e. The van der Waals surface area contributed by atoms with Crippen molar-refractivity contribution in [2.24, 2.45) is 0 Å². The minimum absolute atomic E-state index is 0.0597. The van der Waals surface area contributed by atoms with E-state index in [1.807, 2.05) is 43.0 Å². The highest BCUT2D eigenvalue weighted by atomic mass is 32.1. The van der Waals surface area contributed by atoms with Gasteiger partial charge in [-0.25, -0.2) is 9.97 Å². The molecule has 0 unspecified atom stereocenters. The van der Waals surface area contributed by atoms with E-state index in [1.54, 1.807) is 17.7 Å². The largest absolute Gasteiger partial charge is 0.340 e. The third-order valence-electron chi connectivity index (χ3n) is 3.90. The van der Waals surface area contributed by atoms with Gasteiger partial charge in [-0.15, -0.1) is 11.3 Å². The minimum atomic E-state index is 0.0597. The molecular formula is C18H20N4OS. The highest BCUT2D eigenvalue weighted by molar-refractivity contribution is 7.18. The van der Waals surface area contributed by atoms with Gasteiger partial charge in [0.05, 0.1) is 5.39 Å². The molecule has 24 heavy (non-hydrogen) atoms. The molecule has 0 spiro atoms. The van der Waals surface area contributed by atoms with Crippen molar-refractivity contribution in [3.05, 3.63) is 47.1 Å². The zero-order chi connectivity index (χ0) is 17.1. The van der Waals surface area contributed by atoms with Gasteiger partial charge in [0.25, 0.3) is 5.91 Å². The van der Waals surface area contributed by atoms with Gasteiger partial charge in [0.15, 0.2) is 0 Å². The molecule has 0 saturated carbocycles. The maximum atomic E-state index is 12.3. The van der Waals surface area contributed by atoms with E-state index in [0.717, 1.165) is 21.7 Å². The van der Waals surface area contributed by atoms with Crippen LogP contribution < -0.4 is 5.32 Å². The molecule has 1 aromatic carbocycles. The standard InChI is InChI=1S/C18H20N4OS/c1-4-22(5-2)18(23)13-6-8-14(9-7-13)21-16-15-10-12(3)24-17(15)20-11-19-16/h6-11H,4-5H2,1-3H3,(H,19,20,21). The maximum Gasteiger partial charge on any atom is 0.253 e. The number of thiophene rings is 1. The van der Waals surface area contributed by atoms with E-state index in [4.69, 9.17) is 0 Å². The van der Waals surface area contributed by atoms with Crippen LogP contribution in [0.3, 0.4) is 0 Å². The zero-order valence-electron chi connectivity index (χ0n) is 14.0. The highest BCUT2D eigenvalue weighted by Gasteiger charge is 2.12. The number of aryl methyl sites for hydroxylation is 1. The molecule has 0 fully saturated rings. The highest BCUT2D eigenvalue weighted by Crippen LogP contribution is 2.29. The fraction of sp³-hybridized carbons (Fsp3) is 0.278. The molecular weight excluding hydrogens is 320 g/mol. The molecule has 3 aromatic rings. The summed E-state index contributed by atoms with van der Waals surface area (Å²) in [5.41, 5.74) is 1.60. The van der Waals surface area contributed by atoms with Crippen LogP contribution in [-0.2, 0) is 0 Å². The van der Waals surface area contributed by atoms with Crippen LogP contribution in [0.2, 0.25) is 0 Å². The van der Waals surface area contributed by atoms with Crippen LogP contribution in [0, 0.1) is 6.92 Å². The van der Waals surface area contributed by atoms with E-state index >= 15 is 0 Å². The Morgan fingerprint density at radius 1 is 1.17 bits per heavy atom. The van der Waals surface area contributed by atoms with Crippen molar-refractivity contribution >= 4 is 39.0 Å². The summed E-state index contributed by atoms with van der Waals surface area (Å²) >= 11 is 1.65. The molecule has 0 radical (unpaired) electrons. The van der Waals surface area contributed by atoms with Gasteiger partial charge in [0, 0.05) is 29.2 Å². The quantitative estimate of drug-likeness (QED) is 0.755. The van der Waals surface area contributed by atoms with Crippen LogP contribution >= 0.6 is 11.3 Å². The number of fused-ring (bicyclic) bond motifs is 1. The lowest BCUT2D eigenvalue weighted by Gasteiger charge is -2.18. The number of amides is 1. The average Bonchev–Trinajstić information content (AvgIpc) is 2.98. The normalized spacial score (nSPS) is 10.8. The fourth-order valence-corrected chi connectivity index (χ4v) is 3.45. The van der Waals surface area contributed by atoms with Crippen LogP contribution in [0.4, 0.5) is 11.5 Å². The van der Waals surface area contributed by atoms with Crippen LogP contribution in [-0.4, -0.2) is 33.9 Å². The molecule has 6 heteroatoms. The second kappa shape index (κ2) is 6.97. The number of anilines is 2. The summed E-state index contributed by atoms with van der Waals surface area (Å²) in [7, 11) is 0. The molecule has 124 valence electrons. The molecule has 0 bridgehead atoms. The molecule has 2 heterocycles. The molecule has 5 nitrogen and oxygen atoms in total. The van der Waals surface area contributed by atoms with Crippen molar-refractivity contribution in [2.45, 2.75) is 20.8 Å². The summed E-state index contributed by atoms with van der Waals surface area (Å²) in [5, 5.41) is 4.33. The van der Waals surface area contributed by atoms with Crippen LogP contribution in [0.5, 0.6) is 0 Å². The zero-order valence-corrected chi connectivity index (χ0v) is 14.9. The van der Waals surface area contributed by atoms with E-state index in [0.29, 0.717) is 18.7 Å². The van der Waals surface area contributed by atoms with E-state index in [9.17, 15) is 4.79 Å². The number of benzene rings is 1. The Bertz CT molecular complexity index is 853. The number of aromatic nitrogens is 2. The summed E-state index contributed by atoms with van der Waals surface area (Å²) in [6.45, 7) is 7.46. The second-order valence-corrected chi connectivity index (χ2v) is 6.71. The van der Waals surface area contributed by atoms with Crippen LogP contribution in [0.1, 0.15) is 29.1 Å². The first-order chi connectivity index (χ1) is 11.6. The van der Waals surface area contributed by atoms with Crippen molar-refractivity contribution in [3.63, 3.8) is 0 Å². The van der Waals surface area contributed by atoms with E-state index in [1.165, 1.54) is 4.88 Å². The molecule has 0 atom stereocenters. The first-order valence-electron chi connectivity index (χ1n) is 7.99.